The number of ether oxygens (including phenoxy) is 1. The summed E-state index contributed by atoms with van der Waals surface area (Å²) >= 11 is 0. The van der Waals surface area contributed by atoms with E-state index in [0.717, 1.165) is 45.1 Å². The van der Waals surface area contributed by atoms with E-state index in [4.69, 9.17) is 10.5 Å². The zero-order valence-electron chi connectivity index (χ0n) is 12.5. The molecule has 0 radical (unpaired) electrons. The predicted octanol–water partition coefficient (Wildman–Crippen LogP) is 3.20. The van der Waals surface area contributed by atoms with Crippen molar-refractivity contribution >= 4 is 5.78 Å². The van der Waals surface area contributed by atoms with Crippen LogP contribution in [0.15, 0.2) is 0 Å². The predicted molar refractivity (Wildman–Crippen MR) is 77.0 cm³/mol. The summed E-state index contributed by atoms with van der Waals surface area (Å²) in [7, 11) is 0. The molecule has 0 aromatic heterocycles. The molecule has 1 unspecified atom stereocenters. The second-order valence-electron chi connectivity index (χ2n) is 6.51. The van der Waals surface area contributed by atoms with E-state index in [-0.39, 0.29) is 17.3 Å². The zero-order valence-corrected chi connectivity index (χ0v) is 12.5. The molecular formula is C16H29NO2. The van der Waals surface area contributed by atoms with Crippen molar-refractivity contribution in [3.8, 4) is 0 Å². The quantitative estimate of drug-likeness (QED) is 0.851. The Balaban J connectivity index is 2.06. The van der Waals surface area contributed by atoms with Crippen LogP contribution in [0.1, 0.15) is 71.6 Å². The molecule has 0 aromatic carbocycles. The normalized spacial score (nSPS) is 27.4. The molecule has 1 saturated heterocycles. The number of nitrogens with two attached hydrogens (primary N) is 1. The monoisotopic (exact) mass is 267 g/mol. The van der Waals surface area contributed by atoms with Crippen LogP contribution >= 0.6 is 0 Å². The third-order valence-corrected chi connectivity index (χ3v) is 5.38. The van der Waals surface area contributed by atoms with Gasteiger partial charge in [-0.3, -0.25) is 4.79 Å². The summed E-state index contributed by atoms with van der Waals surface area (Å²) in [4.78, 5) is 12.7. The molecule has 2 fully saturated rings. The van der Waals surface area contributed by atoms with Crippen molar-refractivity contribution in [1.82, 2.24) is 0 Å². The fourth-order valence-electron chi connectivity index (χ4n) is 3.80. The maximum atomic E-state index is 12.7. The maximum absolute atomic E-state index is 12.7. The first-order valence-corrected chi connectivity index (χ1v) is 8.02. The van der Waals surface area contributed by atoms with Gasteiger partial charge in [0.1, 0.15) is 0 Å². The highest BCUT2D eigenvalue weighted by Gasteiger charge is 2.44. The molecule has 0 bridgehead atoms. The van der Waals surface area contributed by atoms with Gasteiger partial charge >= 0.3 is 0 Å². The first kappa shape index (κ1) is 15.0. The standard InChI is InChI=1S/C16H29NO2/c1-3-16(17,4-2)14(18)13-8-11-19-15(12-13)9-6-5-7-10-15/h13H,3-12,17H2,1-2H3. The molecular weight excluding hydrogens is 238 g/mol. The Morgan fingerprint density at radius 2 is 1.89 bits per heavy atom. The summed E-state index contributed by atoms with van der Waals surface area (Å²) in [6.07, 6.45) is 9.32. The fourth-order valence-corrected chi connectivity index (χ4v) is 3.80. The molecule has 2 N–H and O–H groups in total. The van der Waals surface area contributed by atoms with Gasteiger partial charge in [-0.2, -0.15) is 0 Å². The third kappa shape index (κ3) is 3.03. The molecule has 2 aliphatic rings. The number of rotatable bonds is 4. The van der Waals surface area contributed by atoms with E-state index in [2.05, 4.69) is 0 Å². The number of carbonyl (C=O) groups excluding carboxylic acids is 1. The molecule has 3 heteroatoms. The fraction of sp³-hybridized carbons (Fsp3) is 0.938. The topological polar surface area (TPSA) is 52.3 Å². The molecule has 1 aliphatic heterocycles. The summed E-state index contributed by atoms with van der Waals surface area (Å²) in [5.41, 5.74) is 5.68. The van der Waals surface area contributed by atoms with Gasteiger partial charge in [0.25, 0.3) is 0 Å². The van der Waals surface area contributed by atoms with Crippen LogP contribution in [0, 0.1) is 5.92 Å². The SMILES string of the molecule is CCC(N)(CC)C(=O)C1CCOC2(CCCCC2)C1. The van der Waals surface area contributed by atoms with Crippen LogP contribution in [0.3, 0.4) is 0 Å². The second kappa shape index (κ2) is 5.92. The Hall–Kier alpha value is -0.410. The minimum absolute atomic E-state index is 0.000774. The number of carbonyl (C=O) groups is 1. The van der Waals surface area contributed by atoms with Crippen LogP contribution in [0.5, 0.6) is 0 Å². The molecule has 1 spiro atoms. The average molecular weight is 267 g/mol. The van der Waals surface area contributed by atoms with Crippen LogP contribution in [0.25, 0.3) is 0 Å². The molecule has 0 amide bonds. The maximum Gasteiger partial charge on any atom is 0.155 e. The van der Waals surface area contributed by atoms with Crippen LogP contribution < -0.4 is 5.73 Å². The number of ketones is 1. The van der Waals surface area contributed by atoms with E-state index in [1.807, 2.05) is 13.8 Å². The van der Waals surface area contributed by atoms with Crippen LogP contribution in [-0.2, 0) is 9.53 Å². The smallest absolute Gasteiger partial charge is 0.155 e. The summed E-state index contributed by atoms with van der Waals surface area (Å²) in [5, 5.41) is 0. The Morgan fingerprint density at radius 1 is 1.26 bits per heavy atom. The van der Waals surface area contributed by atoms with Crippen molar-refractivity contribution in [2.45, 2.75) is 82.8 Å². The van der Waals surface area contributed by atoms with Gasteiger partial charge in [0.15, 0.2) is 5.78 Å². The number of hydrogen-bond donors (Lipinski definition) is 1. The van der Waals surface area contributed by atoms with Crippen molar-refractivity contribution in [2.24, 2.45) is 11.7 Å². The highest BCUT2D eigenvalue weighted by atomic mass is 16.5. The molecule has 19 heavy (non-hydrogen) atoms. The third-order valence-electron chi connectivity index (χ3n) is 5.38. The minimum atomic E-state index is -0.613. The lowest BCUT2D eigenvalue weighted by molar-refractivity contribution is -0.147. The lowest BCUT2D eigenvalue weighted by Crippen LogP contribution is -2.53. The summed E-state index contributed by atoms with van der Waals surface area (Å²) < 4.78 is 6.07. The molecule has 1 aliphatic carbocycles. The molecule has 2 rings (SSSR count). The van der Waals surface area contributed by atoms with Crippen LogP contribution in [0.4, 0.5) is 0 Å². The highest BCUT2D eigenvalue weighted by Crippen LogP contribution is 2.42. The van der Waals surface area contributed by atoms with Crippen molar-refractivity contribution in [3.05, 3.63) is 0 Å². The van der Waals surface area contributed by atoms with E-state index in [0.29, 0.717) is 0 Å². The van der Waals surface area contributed by atoms with Gasteiger partial charge in [0.05, 0.1) is 11.1 Å². The summed E-state index contributed by atoms with van der Waals surface area (Å²) in [5.74, 6) is 0.405. The van der Waals surface area contributed by atoms with Gasteiger partial charge in [-0.1, -0.05) is 33.1 Å². The highest BCUT2D eigenvalue weighted by molar-refractivity contribution is 5.90. The van der Waals surface area contributed by atoms with E-state index in [1.165, 1.54) is 19.3 Å². The van der Waals surface area contributed by atoms with Gasteiger partial charge < -0.3 is 10.5 Å². The molecule has 1 atom stereocenters. The average Bonchev–Trinajstić information content (AvgIpc) is 2.46. The van der Waals surface area contributed by atoms with E-state index < -0.39 is 5.54 Å². The first-order valence-electron chi connectivity index (χ1n) is 8.02. The summed E-state index contributed by atoms with van der Waals surface area (Å²) in [6, 6.07) is 0. The second-order valence-corrected chi connectivity index (χ2v) is 6.51. The lowest BCUT2D eigenvalue weighted by Gasteiger charge is -2.44. The van der Waals surface area contributed by atoms with Crippen molar-refractivity contribution < 1.29 is 9.53 Å². The van der Waals surface area contributed by atoms with Gasteiger partial charge in [0, 0.05) is 12.5 Å². The molecule has 0 aromatic rings. The van der Waals surface area contributed by atoms with E-state index in [9.17, 15) is 4.79 Å². The van der Waals surface area contributed by atoms with Gasteiger partial charge in [0.2, 0.25) is 0 Å². The van der Waals surface area contributed by atoms with Gasteiger partial charge in [-0.25, -0.2) is 0 Å². The Kier molecular flexibility index (Phi) is 4.67. The Labute approximate surface area is 117 Å². The molecule has 1 heterocycles. The molecule has 1 saturated carbocycles. The zero-order chi connectivity index (χ0) is 13.9. The number of hydrogen-bond acceptors (Lipinski definition) is 3. The Morgan fingerprint density at radius 3 is 2.47 bits per heavy atom. The minimum Gasteiger partial charge on any atom is -0.375 e. The van der Waals surface area contributed by atoms with E-state index in [1.54, 1.807) is 0 Å². The van der Waals surface area contributed by atoms with E-state index >= 15 is 0 Å². The van der Waals surface area contributed by atoms with Gasteiger partial charge in [-0.15, -0.1) is 0 Å². The van der Waals surface area contributed by atoms with Crippen molar-refractivity contribution in [3.63, 3.8) is 0 Å². The summed E-state index contributed by atoms with van der Waals surface area (Å²) in [6.45, 7) is 4.79. The molecule has 3 nitrogen and oxygen atoms in total. The largest absolute Gasteiger partial charge is 0.375 e. The van der Waals surface area contributed by atoms with Crippen molar-refractivity contribution in [1.29, 1.82) is 0 Å². The molecule has 110 valence electrons. The lowest BCUT2D eigenvalue weighted by atomic mass is 9.71. The number of Topliss-reactive ketones (excluding diaryl/α,β-unsaturated/α-hetero) is 1. The van der Waals surface area contributed by atoms with Crippen LogP contribution in [0.2, 0.25) is 0 Å². The first-order chi connectivity index (χ1) is 9.05. The Bertz CT molecular complexity index is 311. The van der Waals surface area contributed by atoms with Gasteiger partial charge in [-0.05, 0) is 38.5 Å². The van der Waals surface area contributed by atoms with Crippen molar-refractivity contribution in [2.75, 3.05) is 6.61 Å². The van der Waals surface area contributed by atoms with Crippen LogP contribution in [-0.4, -0.2) is 23.5 Å².